The summed E-state index contributed by atoms with van der Waals surface area (Å²) in [7, 11) is 0. The summed E-state index contributed by atoms with van der Waals surface area (Å²) in [6.45, 7) is 2.88. The van der Waals surface area contributed by atoms with Crippen LogP contribution >= 0.6 is 0 Å². The third-order valence-electron chi connectivity index (χ3n) is 3.35. The maximum absolute atomic E-state index is 11.9. The molecule has 0 saturated carbocycles. The Balaban J connectivity index is 1.86. The van der Waals surface area contributed by atoms with Crippen LogP contribution in [0.2, 0.25) is 0 Å². The summed E-state index contributed by atoms with van der Waals surface area (Å²) in [4.78, 5) is 14.0. The summed E-state index contributed by atoms with van der Waals surface area (Å²) < 4.78 is 0. The van der Waals surface area contributed by atoms with Crippen LogP contribution in [0.15, 0.2) is 24.3 Å². The number of nitrogens with one attached hydrogen (secondary N) is 1. The molecule has 2 rings (SSSR count). The van der Waals surface area contributed by atoms with E-state index in [2.05, 4.69) is 16.3 Å². The molecule has 100 valence electrons. The Morgan fingerprint density at radius 2 is 2.42 bits per heavy atom. The molecule has 1 saturated heterocycles. The zero-order valence-electron chi connectivity index (χ0n) is 10.8. The van der Waals surface area contributed by atoms with Gasteiger partial charge in [0.1, 0.15) is 0 Å². The highest BCUT2D eigenvalue weighted by molar-refractivity contribution is 5.92. The van der Waals surface area contributed by atoms with Crippen LogP contribution in [-0.4, -0.2) is 37.0 Å². The highest BCUT2D eigenvalue weighted by Gasteiger charge is 2.22. The minimum atomic E-state index is -0.0484. The molecule has 1 aromatic rings. The Bertz CT molecular complexity index is 494. The Morgan fingerprint density at radius 3 is 3.11 bits per heavy atom. The summed E-state index contributed by atoms with van der Waals surface area (Å²) >= 11 is 0. The molecule has 0 aromatic heterocycles. The first-order valence-electron chi connectivity index (χ1n) is 6.43. The van der Waals surface area contributed by atoms with E-state index in [0.717, 1.165) is 19.5 Å². The quantitative estimate of drug-likeness (QED) is 0.836. The molecule has 5 nitrogen and oxygen atoms in total. The maximum Gasteiger partial charge on any atom is 0.238 e. The van der Waals surface area contributed by atoms with E-state index in [1.807, 2.05) is 0 Å². The molecule has 1 atom stereocenters. The van der Waals surface area contributed by atoms with Gasteiger partial charge in [0, 0.05) is 12.2 Å². The molecule has 1 aromatic carbocycles. The molecule has 1 amide bonds. The SMILES string of the molecule is N#Cc1cccc(NC(=O)CN2CCC(CN)C2)c1. The van der Waals surface area contributed by atoms with Crippen molar-refractivity contribution in [3.05, 3.63) is 29.8 Å². The van der Waals surface area contributed by atoms with Crippen LogP contribution in [0.25, 0.3) is 0 Å². The Labute approximate surface area is 113 Å². The van der Waals surface area contributed by atoms with Crippen molar-refractivity contribution in [2.75, 3.05) is 31.5 Å². The van der Waals surface area contributed by atoms with E-state index in [4.69, 9.17) is 11.0 Å². The second-order valence-electron chi connectivity index (χ2n) is 4.87. The number of nitrogens with two attached hydrogens (primary N) is 1. The minimum Gasteiger partial charge on any atom is -0.330 e. The largest absolute Gasteiger partial charge is 0.330 e. The lowest BCUT2D eigenvalue weighted by Gasteiger charge is -2.15. The normalized spacial score (nSPS) is 19.1. The van der Waals surface area contributed by atoms with Gasteiger partial charge in [-0.25, -0.2) is 0 Å². The molecule has 3 N–H and O–H groups in total. The number of likely N-dealkylation sites (tertiary alicyclic amines) is 1. The topological polar surface area (TPSA) is 82.2 Å². The average Bonchev–Trinajstić information content (AvgIpc) is 2.86. The molecule has 0 radical (unpaired) electrons. The average molecular weight is 258 g/mol. The lowest BCUT2D eigenvalue weighted by Crippen LogP contribution is -2.32. The smallest absolute Gasteiger partial charge is 0.238 e. The molecule has 0 aliphatic carbocycles. The monoisotopic (exact) mass is 258 g/mol. The van der Waals surface area contributed by atoms with E-state index in [0.29, 0.717) is 30.3 Å². The van der Waals surface area contributed by atoms with Crippen molar-refractivity contribution in [3.63, 3.8) is 0 Å². The van der Waals surface area contributed by atoms with Gasteiger partial charge in [-0.2, -0.15) is 5.26 Å². The van der Waals surface area contributed by atoms with Gasteiger partial charge in [0.05, 0.1) is 18.2 Å². The summed E-state index contributed by atoms with van der Waals surface area (Å²) in [5.74, 6) is 0.461. The number of hydrogen-bond donors (Lipinski definition) is 2. The van der Waals surface area contributed by atoms with Crippen molar-refractivity contribution in [1.82, 2.24) is 4.90 Å². The van der Waals surface area contributed by atoms with Gasteiger partial charge in [-0.15, -0.1) is 0 Å². The summed E-state index contributed by atoms with van der Waals surface area (Å²) in [6, 6.07) is 8.97. The summed E-state index contributed by atoms with van der Waals surface area (Å²) in [5.41, 5.74) is 6.83. The fourth-order valence-electron chi connectivity index (χ4n) is 2.32. The van der Waals surface area contributed by atoms with Gasteiger partial charge in [0.25, 0.3) is 0 Å². The van der Waals surface area contributed by atoms with E-state index >= 15 is 0 Å². The predicted molar refractivity (Wildman–Crippen MR) is 73.4 cm³/mol. The van der Waals surface area contributed by atoms with Crippen LogP contribution in [0.1, 0.15) is 12.0 Å². The maximum atomic E-state index is 11.9. The number of anilines is 1. The van der Waals surface area contributed by atoms with Crippen LogP contribution in [0.5, 0.6) is 0 Å². The molecule has 1 unspecified atom stereocenters. The van der Waals surface area contributed by atoms with Gasteiger partial charge < -0.3 is 11.1 Å². The predicted octanol–water partition coefficient (Wildman–Crippen LogP) is 0.777. The molecule has 1 aliphatic heterocycles. The fourth-order valence-corrected chi connectivity index (χ4v) is 2.32. The van der Waals surface area contributed by atoms with Gasteiger partial charge in [-0.05, 0) is 43.6 Å². The van der Waals surface area contributed by atoms with E-state index in [1.165, 1.54) is 0 Å². The summed E-state index contributed by atoms with van der Waals surface area (Å²) in [6.07, 6.45) is 1.06. The Morgan fingerprint density at radius 1 is 1.58 bits per heavy atom. The van der Waals surface area contributed by atoms with Gasteiger partial charge in [-0.3, -0.25) is 9.69 Å². The van der Waals surface area contributed by atoms with E-state index in [-0.39, 0.29) is 5.91 Å². The van der Waals surface area contributed by atoms with Gasteiger partial charge >= 0.3 is 0 Å². The van der Waals surface area contributed by atoms with Crippen molar-refractivity contribution >= 4 is 11.6 Å². The Kier molecular flexibility index (Phi) is 4.50. The van der Waals surface area contributed by atoms with Crippen LogP contribution < -0.4 is 11.1 Å². The van der Waals surface area contributed by atoms with Crippen molar-refractivity contribution < 1.29 is 4.79 Å². The first-order valence-corrected chi connectivity index (χ1v) is 6.43. The molecule has 0 spiro atoms. The number of nitrogens with zero attached hydrogens (tertiary/aromatic N) is 2. The van der Waals surface area contributed by atoms with Gasteiger partial charge in [-0.1, -0.05) is 6.07 Å². The number of hydrogen-bond acceptors (Lipinski definition) is 4. The van der Waals surface area contributed by atoms with Crippen LogP contribution in [-0.2, 0) is 4.79 Å². The third-order valence-corrected chi connectivity index (χ3v) is 3.35. The first kappa shape index (κ1) is 13.5. The molecule has 1 heterocycles. The zero-order valence-corrected chi connectivity index (χ0v) is 10.8. The molecule has 0 bridgehead atoms. The number of carbonyl (C=O) groups is 1. The highest BCUT2D eigenvalue weighted by atomic mass is 16.2. The number of carbonyl (C=O) groups excluding carboxylic acids is 1. The van der Waals surface area contributed by atoms with E-state index < -0.39 is 0 Å². The second-order valence-corrected chi connectivity index (χ2v) is 4.87. The minimum absolute atomic E-state index is 0.0484. The van der Waals surface area contributed by atoms with Crippen LogP contribution in [0.4, 0.5) is 5.69 Å². The highest BCUT2D eigenvalue weighted by Crippen LogP contribution is 2.15. The fraction of sp³-hybridized carbons (Fsp3) is 0.429. The van der Waals surface area contributed by atoms with Crippen LogP contribution in [0, 0.1) is 17.2 Å². The van der Waals surface area contributed by atoms with E-state index in [9.17, 15) is 4.79 Å². The second kappa shape index (κ2) is 6.32. The van der Waals surface area contributed by atoms with Crippen molar-refractivity contribution in [3.8, 4) is 6.07 Å². The van der Waals surface area contributed by atoms with Crippen LogP contribution in [0.3, 0.4) is 0 Å². The molecule has 19 heavy (non-hydrogen) atoms. The molecule has 1 fully saturated rings. The first-order chi connectivity index (χ1) is 9.21. The lowest BCUT2D eigenvalue weighted by atomic mass is 10.1. The van der Waals surface area contributed by atoms with Crippen molar-refractivity contribution in [2.45, 2.75) is 6.42 Å². The standard InChI is InChI=1S/C14H18N4O/c15-7-11-2-1-3-13(6-11)17-14(19)10-18-5-4-12(8-16)9-18/h1-3,6,12H,4-5,8-10,16H2,(H,17,19). The number of amides is 1. The molecular weight excluding hydrogens is 240 g/mol. The Hall–Kier alpha value is -1.90. The van der Waals surface area contributed by atoms with Crippen molar-refractivity contribution in [1.29, 1.82) is 5.26 Å². The van der Waals surface area contributed by atoms with E-state index in [1.54, 1.807) is 24.3 Å². The lowest BCUT2D eigenvalue weighted by molar-refractivity contribution is -0.117. The third kappa shape index (κ3) is 3.78. The zero-order chi connectivity index (χ0) is 13.7. The van der Waals surface area contributed by atoms with Gasteiger partial charge in [0.2, 0.25) is 5.91 Å². The summed E-state index contributed by atoms with van der Waals surface area (Å²) in [5, 5.41) is 11.6. The molecule has 5 heteroatoms. The van der Waals surface area contributed by atoms with Crippen molar-refractivity contribution in [2.24, 2.45) is 11.7 Å². The number of rotatable bonds is 4. The number of benzene rings is 1. The van der Waals surface area contributed by atoms with Gasteiger partial charge in [0.15, 0.2) is 0 Å². The molecule has 1 aliphatic rings. The number of nitriles is 1. The molecular formula is C14H18N4O.